The first-order valence-corrected chi connectivity index (χ1v) is 16.1. The summed E-state index contributed by atoms with van der Waals surface area (Å²) >= 11 is 0. The van der Waals surface area contributed by atoms with Gasteiger partial charge in [-0.25, -0.2) is 4.79 Å². The topological polar surface area (TPSA) is 102 Å². The molecule has 9 nitrogen and oxygen atoms in total. The fourth-order valence-electron chi connectivity index (χ4n) is 6.36. The van der Waals surface area contributed by atoms with Crippen molar-refractivity contribution in [3.8, 4) is 11.5 Å². The molecule has 9 heteroatoms. The van der Waals surface area contributed by atoms with Crippen LogP contribution >= 0.6 is 0 Å². The van der Waals surface area contributed by atoms with Crippen molar-refractivity contribution in [3.05, 3.63) is 124 Å². The van der Waals surface area contributed by atoms with Crippen molar-refractivity contribution < 1.29 is 28.8 Å². The zero-order valence-electron chi connectivity index (χ0n) is 27.1. The minimum atomic E-state index is -0.596. The van der Waals surface area contributed by atoms with Gasteiger partial charge in [-0.1, -0.05) is 73.7 Å². The van der Waals surface area contributed by atoms with E-state index in [1.54, 1.807) is 14.2 Å². The molecule has 6 rings (SSSR count). The summed E-state index contributed by atoms with van der Waals surface area (Å²) in [7, 11) is 3.33. The molecule has 0 bridgehead atoms. The second kappa shape index (κ2) is 15.0. The van der Waals surface area contributed by atoms with Gasteiger partial charge in [0.1, 0.15) is 0 Å². The summed E-state index contributed by atoms with van der Waals surface area (Å²) in [5.41, 5.74) is 6.99. The molecule has 3 N–H and O–H groups in total. The van der Waals surface area contributed by atoms with Crippen LogP contribution < -0.4 is 20.1 Å². The Bertz CT molecular complexity index is 1630. The maximum Gasteiger partial charge on any atom is 0.319 e. The van der Waals surface area contributed by atoms with Gasteiger partial charge in [0.2, 0.25) is 0 Å². The second-order valence-electron chi connectivity index (χ2n) is 12.2. The number of urea groups is 1. The van der Waals surface area contributed by atoms with Crippen LogP contribution in [0.15, 0.2) is 91.0 Å². The third-order valence-corrected chi connectivity index (χ3v) is 9.10. The first-order chi connectivity index (χ1) is 22.9. The molecule has 2 amide bonds. The highest BCUT2D eigenvalue weighted by molar-refractivity contribution is 5.89. The average Bonchev–Trinajstić information content (AvgIpc) is 3.11. The summed E-state index contributed by atoms with van der Waals surface area (Å²) < 4.78 is 24.5. The smallest absolute Gasteiger partial charge is 0.319 e. The van der Waals surface area contributed by atoms with E-state index in [-0.39, 0.29) is 30.8 Å². The van der Waals surface area contributed by atoms with Crippen LogP contribution in [-0.4, -0.2) is 49.5 Å². The monoisotopic (exact) mass is 637 g/mol. The van der Waals surface area contributed by atoms with Crippen LogP contribution in [0.3, 0.4) is 0 Å². The lowest BCUT2D eigenvalue weighted by Crippen LogP contribution is -2.45. The molecule has 0 aliphatic carbocycles. The van der Waals surface area contributed by atoms with Crippen LogP contribution in [0.5, 0.6) is 11.5 Å². The molecule has 0 spiro atoms. The van der Waals surface area contributed by atoms with Gasteiger partial charge in [0.25, 0.3) is 0 Å². The highest BCUT2D eigenvalue weighted by Crippen LogP contribution is 2.42. The number of nitrogens with zero attached hydrogens (tertiary/aromatic N) is 1. The maximum atomic E-state index is 12.5. The van der Waals surface area contributed by atoms with E-state index in [9.17, 15) is 9.90 Å². The number of aliphatic hydroxyl groups is 1. The van der Waals surface area contributed by atoms with Crippen molar-refractivity contribution in [2.75, 3.05) is 32.6 Å². The first kappa shape index (κ1) is 32.5. The number of carbonyl (C=O) groups is 1. The number of hydrogen-bond donors (Lipinski definition) is 3. The molecule has 0 saturated carbocycles. The molecular formula is C38H43N3O6. The number of amides is 2. The van der Waals surface area contributed by atoms with E-state index in [4.69, 9.17) is 18.9 Å². The Hall–Kier alpha value is -4.41. The molecule has 246 valence electrons. The van der Waals surface area contributed by atoms with Gasteiger partial charge in [0.15, 0.2) is 17.8 Å². The van der Waals surface area contributed by atoms with Crippen molar-refractivity contribution in [2.45, 2.75) is 51.5 Å². The van der Waals surface area contributed by atoms with Crippen molar-refractivity contribution in [3.63, 3.8) is 0 Å². The largest absolute Gasteiger partial charge is 0.493 e. The Morgan fingerprint density at radius 1 is 0.872 bits per heavy atom. The summed E-state index contributed by atoms with van der Waals surface area (Å²) in [6.45, 7) is 5.05. The van der Waals surface area contributed by atoms with Gasteiger partial charge < -0.3 is 34.7 Å². The number of hydrogen-bond acceptors (Lipinski definition) is 7. The third kappa shape index (κ3) is 7.77. The van der Waals surface area contributed by atoms with Gasteiger partial charge in [0, 0.05) is 43.3 Å². The van der Waals surface area contributed by atoms with Crippen LogP contribution in [0.25, 0.3) is 0 Å². The lowest BCUT2D eigenvalue weighted by Gasteiger charge is -2.43. The zero-order valence-corrected chi connectivity index (χ0v) is 27.1. The molecule has 0 unspecified atom stereocenters. The molecule has 47 heavy (non-hydrogen) atoms. The van der Waals surface area contributed by atoms with E-state index >= 15 is 0 Å². The average molecular weight is 638 g/mol. The highest BCUT2D eigenvalue weighted by atomic mass is 16.7. The minimum Gasteiger partial charge on any atom is -0.493 e. The number of methoxy groups -OCH3 is 2. The van der Waals surface area contributed by atoms with Crippen LogP contribution in [0, 0.1) is 5.92 Å². The number of benzene rings is 4. The van der Waals surface area contributed by atoms with Gasteiger partial charge in [-0.15, -0.1) is 0 Å². The Morgan fingerprint density at radius 2 is 1.55 bits per heavy atom. The predicted molar refractivity (Wildman–Crippen MR) is 180 cm³/mol. The molecule has 2 aliphatic rings. The van der Waals surface area contributed by atoms with Crippen molar-refractivity contribution >= 4 is 11.7 Å². The van der Waals surface area contributed by atoms with E-state index in [0.717, 1.165) is 59.8 Å². The van der Waals surface area contributed by atoms with E-state index in [0.29, 0.717) is 12.2 Å². The molecular weight excluding hydrogens is 594 g/mol. The van der Waals surface area contributed by atoms with E-state index < -0.39 is 6.29 Å². The fraction of sp³-hybridized carbons (Fsp3) is 0.342. The molecule has 1 fully saturated rings. The number of carbonyl (C=O) groups excluding carboxylic acids is 1. The number of fused-ring (bicyclic) bond motifs is 1. The van der Waals surface area contributed by atoms with Gasteiger partial charge in [-0.05, 0) is 58.5 Å². The van der Waals surface area contributed by atoms with Gasteiger partial charge in [0.05, 0.1) is 33.0 Å². The number of anilines is 1. The number of aliphatic hydroxyl groups excluding tert-OH is 1. The number of rotatable bonds is 10. The summed E-state index contributed by atoms with van der Waals surface area (Å²) in [4.78, 5) is 15.0. The maximum absolute atomic E-state index is 12.5. The second-order valence-corrected chi connectivity index (χ2v) is 12.2. The van der Waals surface area contributed by atoms with Crippen molar-refractivity contribution in [1.82, 2.24) is 10.2 Å². The summed E-state index contributed by atoms with van der Waals surface area (Å²) in [6.07, 6.45) is -0.00833. The fourth-order valence-corrected chi connectivity index (χ4v) is 6.36. The minimum absolute atomic E-state index is 0.00647. The van der Waals surface area contributed by atoms with Gasteiger partial charge >= 0.3 is 6.03 Å². The molecule has 1 saturated heterocycles. The quantitative estimate of drug-likeness (QED) is 0.186. The molecule has 2 aliphatic heterocycles. The van der Waals surface area contributed by atoms with E-state index in [1.165, 1.54) is 11.1 Å². The summed E-state index contributed by atoms with van der Waals surface area (Å²) in [5.74, 6) is 1.56. The Morgan fingerprint density at radius 3 is 2.23 bits per heavy atom. The number of nitrogens with one attached hydrogen (secondary N) is 2. The molecule has 0 radical (unpaired) electrons. The third-order valence-electron chi connectivity index (χ3n) is 9.10. The van der Waals surface area contributed by atoms with Crippen molar-refractivity contribution in [2.24, 2.45) is 5.92 Å². The molecule has 4 aromatic carbocycles. The van der Waals surface area contributed by atoms with Gasteiger partial charge in [-0.3, -0.25) is 4.90 Å². The van der Waals surface area contributed by atoms with Crippen molar-refractivity contribution in [1.29, 1.82) is 0 Å². The van der Waals surface area contributed by atoms with Gasteiger partial charge in [-0.2, -0.15) is 0 Å². The molecule has 0 aromatic heterocycles. The SMILES string of the molecule is COc1cc2c(cc1OC)CN(C[C@H]1O[C@@H](c3ccc(NC(=O)NCc4ccccc4)cc3)O[C@@H](c3ccc(CO)cc3)[C@H]1C)CC2. The van der Waals surface area contributed by atoms with Crippen LogP contribution in [-0.2, 0) is 35.6 Å². The standard InChI is InChI=1S/C38H43N3O6/c1-25-35(23-41-18-17-30-19-33(44-2)34(45-3)20-31(30)22-41)46-37(47-36(25)28-11-9-27(24-42)10-12-28)29-13-15-32(16-14-29)40-38(43)39-21-26-7-5-4-6-8-26/h4-16,19-20,25,35-37,42H,17-18,21-24H2,1-3H3,(H2,39,40,43)/t25-,35+,36+,37+/m0/s1. The summed E-state index contributed by atoms with van der Waals surface area (Å²) in [6, 6.07) is 29.2. The molecule has 4 atom stereocenters. The lowest BCUT2D eigenvalue weighted by atomic mass is 9.89. The lowest BCUT2D eigenvalue weighted by molar-refractivity contribution is -0.276. The van der Waals surface area contributed by atoms with E-state index in [1.807, 2.05) is 78.9 Å². The Balaban J connectivity index is 1.17. The molecule has 2 heterocycles. The highest BCUT2D eigenvalue weighted by Gasteiger charge is 2.39. The normalized spacial score (nSPS) is 21.0. The number of ether oxygens (including phenoxy) is 4. The van der Waals surface area contributed by atoms with Crippen LogP contribution in [0.4, 0.5) is 10.5 Å². The summed E-state index contributed by atoms with van der Waals surface area (Å²) in [5, 5.41) is 15.4. The molecule has 4 aromatic rings. The predicted octanol–water partition coefficient (Wildman–Crippen LogP) is 6.37. The van der Waals surface area contributed by atoms with Crippen LogP contribution in [0.1, 0.15) is 52.7 Å². The first-order valence-electron chi connectivity index (χ1n) is 16.1. The van der Waals surface area contributed by atoms with E-state index in [2.05, 4.69) is 34.6 Å². The Labute approximate surface area is 276 Å². The van der Waals surface area contributed by atoms with Crippen LogP contribution in [0.2, 0.25) is 0 Å². The Kier molecular flexibility index (Phi) is 10.4. The zero-order chi connectivity index (χ0) is 32.8.